The molecule has 0 radical (unpaired) electrons. The van der Waals surface area contributed by atoms with Crippen LogP contribution >= 0.6 is 15.9 Å². The number of benzene rings is 1. The first-order valence-electron chi connectivity index (χ1n) is 7.09. The van der Waals surface area contributed by atoms with E-state index in [1.165, 1.54) is 31.2 Å². The molecule has 3 rings (SSSR count). The van der Waals surface area contributed by atoms with Crippen molar-refractivity contribution in [3.63, 3.8) is 0 Å². The Morgan fingerprint density at radius 1 is 1.32 bits per heavy atom. The van der Waals surface area contributed by atoms with Crippen molar-refractivity contribution >= 4 is 15.9 Å². The number of rotatable bonds is 2. The summed E-state index contributed by atoms with van der Waals surface area (Å²) in [7, 11) is 0. The van der Waals surface area contributed by atoms with Crippen molar-refractivity contribution in [3.05, 3.63) is 34.1 Å². The fraction of sp³-hybridized carbons (Fsp3) is 0.600. The summed E-state index contributed by atoms with van der Waals surface area (Å²) in [5, 5.41) is 3.54. The standard InChI is InChI=1S/C15H20BrFN2/c16-13-9-12(3-4-14(13)17)10-19-8-7-18-11-15(19)5-1-2-6-15/h3-4,9,18H,1-2,5-8,10-11H2. The highest BCUT2D eigenvalue weighted by Gasteiger charge is 2.40. The summed E-state index contributed by atoms with van der Waals surface area (Å²) in [6.45, 7) is 4.19. The maximum absolute atomic E-state index is 13.3. The largest absolute Gasteiger partial charge is 0.314 e. The van der Waals surface area contributed by atoms with Crippen LogP contribution in [0.2, 0.25) is 0 Å². The Hall–Kier alpha value is -0.450. The molecule has 0 unspecified atom stereocenters. The van der Waals surface area contributed by atoms with Crippen LogP contribution < -0.4 is 5.32 Å². The smallest absolute Gasteiger partial charge is 0.137 e. The maximum atomic E-state index is 13.3. The van der Waals surface area contributed by atoms with Crippen molar-refractivity contribution in [2.75, 3.05) is 19.6 Å². The van der Waals surface area contributed by atoms with E-state index in [0.29, 0.717) is 10.0 Å². The summed E-state index contributed by atoms with van der Waals surface area (Å²) in [6.07, 6.45) is 5.27. The van der Waals surface area contributed by atoms with Gasteiger partial charge in [0.1, 0.15) is 5.82 Å². The third kappa shape index (κ3) is 2.71. The zero-order valence-electron chi connectivity index (χ0n) is 11.1. The molecule has 1 aliphatic carbocycles. The lowest BCUT2D eigenvalue weighted by Gasteiger charge is -2.45. The molecule has 1 aromatic carbocycles. The van der Waals surface area contributed by atoms with Crippen molar-refractivity contribution in [2.24, 2.45) is 0 Å². The minimum atomic E-state index is -0.181. The van der Waals surface area contributed by atoms with Crippen molar-refractivity contribution in [1.82, 2.24) is 10.2 Å². The van der Waals surface area contributed by atoms with E-state index in [1.54, 1.807) is 6.07 Å². The van der Waals surface area contributed by atoms with Crippen LogP contribution in [0.1, 0.15) is 31.2 Å². The van der Waals surface area contributed by atoms with E-state index in [2.05, 4.69) is 26.1 Å². The van der Waals surface area contributed by atoms with Crippen molar-refractivity contribution in [1.29, 1.82) is 0 Å². The third-order valence-electron chi connectivity index (χ3n) is 4.58. The summed E-state index contributed by atoms with van der Waals surface area (Å²) >= 11 is 3.28. The van der Waals surface area contributed by atoms with Crippen molar-refractivity contribution < 1.29 is 4.39 Å². The predicted molar refractivity (Wildman–Crippen MR) is 78.6 cm³/mol. The lowest BCUT2D eigenvalue weighted by Crippen LogP contribution is -2.59. The molecular weight excluding hydrogens is 307 g/mol. The predicted octanol–water partition coefficient (Wildman–Crippen LogP) is 3.31. The molecule has 1 N–H and O–H groups in total. The van der Waals surface area contributed by atoms with Crippen LogP contribution in [-0.4, -0.2) is 30.1 Å². The summed E-state index contributed by atoms with van der Waals surface area (Å²) < 4.78 is 13.9. The second-order valence-corrected chi connectivity index (χ2v) is 6.63. The van der Waals surface area contributed by atoms with Gasteiger partial charge in [-0.2, -0.15) is 0 Å². The van der Waals surface area contributed by atoms with Gasteiger partial charge in [0, 0.05) is 31.7 Å². The Bertz CT molecular complexity index is 457. The van der Waals surface area contributed by atoms with Crippen LogP contribution in [0.4, 0.5) is 4.39 Å². The molecule has 19 heavy (non-hydrogen) atoms. The first kappa shape index (κ1) is 13.5. The molecule has 1 aliphatic heterocycles. The van der Waals surface area contributed by atoms with Gasteiger partial charge < -0.3 is 5.32 Å². The Labute approximate surface area is 122 Å². The number of nitrogens with zero attached hydrogens (tertiary/aromatic N) is 1. The minimum Gasteiger partial charge on any atom is -0.314 e. The van der Waals surface area contributed by atoms with Gasteiger partial charge in [0.2, 0.25) is 0 Å². The van der Waals surface area contributed by atoms with Gasteiger partial charge in [-0.3, -0.25) is 4.90 Å². The van der Waals surface area contributed by atoms with Crippen LogP contribution in [0.3, 0.4) is 0 Å². The lowest BCUT2D eigenvalue weighted by molar-refractivity contribution is 0.0572. The van der Waals surface area contributed by atoms with E-state index in [1.807, 2.05) is 12.1 Å². The van der Waals surface area contributed by atoms with Crippen molar-refractivity contribution in [3.8, 4) is 0 Å². The Kier molecular flexibility index (Phi) is 3.92. The van der Waals surface area contributed by atoms with Gasteiger partial charge in [0.05, 0.1) is 4.47 Å². The van der Waals surface area contributed by atoms with E-state index in [4.69, 9.17) is 0 Å². The molecular formula is C15H20BrFN2. The maximum Gasteiger partial charge on any atom is 0.137 e. The molecule has 2 aliphatic rings. The van der Waals surface area contributed by atoms with Crippen LogP contribution in [0.15, 0.2) is 22.7 Å². The average molecular weight is 327 g/mol. The number of hydrogen-bond donors (Lipinski definition) is 1. The Morgan fingerprint density at radius 3 is 2.84 bits per heavy atom. The zero-order chi connectivity index (χ0) is 13.3. The summed E-state index contributed by atoms with van der Waals surface area (Å²) in [6, 6.07) is 5.38. The SMILES string of the molecule is Fc1ccc(CN2CCNCC23CCCC3)cc1Br. The number of hydrogen-bond acceptors (Lipinski definition) is 2. The van der Waals surface area contributed by atoms with Crippen LogP contribution in [-0.2, 0) is 6.54 Å². The third-order valence-corrected chi connectivity index (χ3v) is 5.18. The Morgan fingerprint density at radius 2 is 2.11 bits per heavy atom. The second-order valence-electron chi connectivity index (χ2n) is 5.78. The molecule has 104 valence electrons. The average Bonchev–Trinajstić information content (AvgIpc) is 2.86. The van der Waals surface area contributed by atoms with Gasteiger partial charge in [0.25, 0.3) is 0 Å². The molecule has 2 fully saturated rings. The number of halogens is 2. The fourth-order valence-corrected chi connectivity index (χ4v) is 3.94. The van der Waals surface area contributed by atoms with E-state index in [-0.39, 0.29) is 5.82 Å². The molecule has 1 saturated heterocycles. The van der Waals surface area contributed by atoms with Crippen molar-refractivity contribution in [2.45, 2.75) is 37.8 Å². The van der Waals surface area contributed by atoms with Gasteiger partial charge in [-0.05, 0) is 46.5 Å². The molecule has 0 amide bonds. The molecule has 4 heteroatoms. The molecule has 0 atom stereocenters. The normalized spacial score (nSPS) is 23.1. The van der Waals surface area contributed by atoms with Crippen LogP contribution in [0.5, 0.6) is 0 Å². The van der Waals surface area contributed by atoms with E-state index < -0.39 is 0 Å². The molecule has 2 nitrogen and oxygen atoms in total. The van der Waals surface area contributed by atoms with E-state index in [0.717, 1.165) is 26.2 Å². The van der Waals surface area contributed by atoms with Crippen LogP contribution in [0, 0.1) is 5.82 Å². The van der Waals surface area contributed by atoms with Gasteiger partial charge in [-0.1, -0.05) is 18.9 Å². The monoisotopic (exact) mass is 326 g/mol. The number of nitrogens with one attached hydrogen (secondary N) is 1. The topological polar surface area (TPSA) is 15.3 Å². The number of piperazine rings is 1. The van der Waals surface area contributed by atoms with Gasteiger partial charge in [0.15, 0.2) is 0 Å². The van der Waals surface area contributed by atoms with Gasteiger partial charge in [-0.25, -0.2) is 4.39 Å². The van der Waals surface area contributed by atoms with E-state index in [9.17, 15) is 4.39 Å². The summed E-state index contributed by atoms with van der Waals surface area (Å²) in [5.74, 6) is -0.181. The van der Waals surface area contributed by atoms with Gasteiger partial charge in [-0.15, -0.1) is 0 Å². The fourth-order valence-electron chi connectivity index (χ4n) is 3.52. The highest BCUT2D eigenvalue weighted by molar-refractivity contribution is 9.10. The first-order chi connectivity index (χ1) is 9.20. The molecule has 1 spiro atoms. The first-order valence-corrected chi connectivity index (χ1v) is 7.89. The lowest BCUT2D eigenvalue weighted by atomic mass is 9.92. The Balaban J connectivity index is 1.78. The molecule has 1 aromatic rings. The highest BCUT2D eigenvalue weighted by atomic mass is 79.9. The quantitative estimate of drug-likeness (QED) is 0.897. The molecule has 0 bridgehead atoms. The molecule has 1 heterocycles. The summed E-state index contributed by atoms with van der Waals surface area (Å²) in [4.78, 5) is 2.61. The minimum absolute atomic E-state index is 0.181. The molecule has 0 aromatic heterocycles. The highest BCUT2D eigenvalue weighted by Crippen LogP contribution is 2.37. The summed E-state index contributed by atoms with van der Waals surface area (Å²) in [5.41, 5.74) is 1.54. The zero-order valence-corrected chi connectivity index (χ0v) is 12.7. The van der Waals surface area contributed by atoms with Crippen LogP contribution in [0.25, 0.3) is 0 Å². The van der Waals surface area contributed by atoms with Gasteiger partial charge >= 0.3 is 0 Å². The molecule has 1 saturated carbocycles. The second kappa shape index (κ2) is 5.51. The van der Waals surface area contributed by atoms with E-state index >= 15 is 0 Å².